The van der Waals surface area contributed by atoms with Crippen molar-refractivity contribution in [3.05, 3.63) is 52.1 Å². The van der Waals surface area contributed by atoms with Crippen LogP contribution in [0.1, 0.15) is 23.2 Å². The maximum absolute atomic E-state index is 12.9. The molecule has 0 fully saturated rings. The van der Waals surface area contributed by atoms with E-state index in [2.05, 4.69) is 10.4 Å². The third-order valence-electron chi connectivity index (χ3n) is 3.24. The molecule has 0 radical (unpaired) electrons. The topological polar surface area (TPSA) is 50.1 Å². The van der Waals surface area contributed by atoms with E-state index in [1.165, 1.54) is 12.1 Å². The maximum atomic E-state index is 12.9. The van der Waals surface area contributed by atoms with E-state index in [0.717, 1.165) is 23.4 Å². The summed E-state index contributed by atoms with van der Waals surface area (Å²) >= 11 is 6.36. The molecule has 4 nitrogen and oxygen atoms in total. The molecule has 2 N–H and O–H groups in total. The average molecular weight is 312 g/mol. The Kier molecular flexibility index (Phi) is 5.73. The third kappa shape index (κ3) is 4.27. The van der Waals surface area contributed by atoms with E-state index < -0.39 is 0 Å². The van der Waals surface area contributed by atoms with Gasteiger partial charge in [-0.3, -0.25) is 0 Å². The van der Waals surface area contributed by atoms with E-state index in [9.17, 15) is 4.39 Å². The van der Waals surface area contributed by atoms with Gasteiger partial charge in [0.05, 0.1) is 12.2 Å². The molecule has 21 heavy (non-hydrogen) atoms. The van der Waals surface area contributed by atoms with Crippen LogP contribution >= 0.6 is 11.6 Å². The van der Waals surface area contributed by atoms with Crippen LogP contribution in [0.3, 0.4) is 0 Å². The van der Waals surface area contributed by atoms with Gasteiger partial charge in [-0.2, -0.15) is 5.10 Å². The Labute approximate surface area is 128 Å². The van der Waals surface area contributed by atoms with Crippen LogP contribution in [0.5, 0.6) is 0 Å². The van der Waals surface area contributed by atoms with Gasteiger partial charge in [-0.05, 0) is 37.6 Å². The molecule has 2 aromatic rings. The van der Waals surface area contributed by atoms with Gasteiger partial charge < -0.3 is 10.4 Å². The number of halogens is 2. The van der Waals surface area contributed by atoms with Crippen molar-refractivity contribution in [1.29, 1.82) is 0 Å². The van der Waals surface area contributed by atoms with Crippen LogP contribution in [0, 0.1) is 12.7 Å². The van der Waals surface area contributed by atoms with Crippen LogP contribution in [0.25, 0.3) is 0 Å². The summed E-state index contributed by atoms with van der Waals surface area (Å²) in [4.78, 5) is 0. The van der Waals surface area contributed by atoms with Gasteiger partial charge in [0.15, 0.2) is 0 Å². The van der Waals surface area contributed by atoms with Gasteiger partial charge in [0.25, 0.3) is 0 Å². The predicted molar refractivity (Wildman–Crippen MR) is 80.9 cm³/mol. The molecule has 0 saturated carbocycles. The molecule has 0 aliphatic carbocycles. The second kappa shape index (κ2) is 7.54. The molecule has 1 heterocycles. The van der Waals surface area contributed by atoms with Gasteiger partial charge in [0.1, 0.15) is 11.0 Å². The highest BCUT2D eigenvalue weighted by Crippen LogP contribution is 2.20. The first kappa shape index (κ1) is 15.9. The summed E-state index contributed by atoms with van der Waals surface area (Å²) < 4.78 is 14.6. The number of aromatic nitrogens is 2. The lowest BCUT2D eigenvalue weighted by Crippen LogP contribution is -2.16. The summed E-state index contributed by atoms with van der Waals surface area (Å²) in [6.07, 6.45) is 0.709. The lowest BCUT2D eigenvalue weighted by Gasteiger charge is -2.05. The molecule has 0 aliphatic rings. The number of rotatable bonds is 7. The predicted octanol–water partition coefficient (Wildman–Crippen LogP) is 2.50. The smallest absolute Gasteiger partial charge is 0.132 e. The fourth-order valence-corrected chi connectivity index (χ4v) is 2.38. The number of hydrogen-bond donors (Lipinski definition) is 2. The second-order valence-corrected chi connectivity index (χ2v) is 5.25. The van der Waals surface area contributed by atoms with Crippen molar-refractivity contribution in [2.75, 3.05) is 13.2 Å². The van der Waals surface area contributed by atoms with E-state index in [-0.39, 0.29) is 12.4 Å². The largest absolute Gasteiger partial charge is 0.396 e. The van der Waals surface area contributed by atoms with Crippen LogP contribution in [0.2, 0.25) is 5.15 Å². The highest BCUT2D eigenvalue weighted by Gasteiger charge is 2.13. The van der Waals surface area contributed by atoms with Crippen molar-refractivity contribution in [3.8, 4) is 0 Å². The van der Waals surface area contributed by atoms with Crippen molar-refractivity contribution in [1.82, 2.24) is 15.1 Å². The number of aryl methyl sites for hydroxylation is 1. The van der Waals surface area contributed by atoms with Gasteiger partial charge >= 0.3 is 0 Å². The Balaban J connectivity index is 2.05. The number of aliphatic hydroxyl groups is 1. The zero-order valence-electron chi connectivity index (χ0n) is 11.9. The fourth-order valence-electron chi connectivity index (χ4n) is 2.08. The lowest BCUT2D eigenvalue weighted by molar-refractivity contribution is 0.286. The molecule has 2 rings (SSSR count). The SMILES string of the molecule is Cc1nn(Cc2ccc(F)cc2)c(Cl)c1CNCCCO. The van der Waals surface area contributed by atoms with Gasteiger partial charge in [-0.25, -0.2) is 9.07 Å². The standard InChI is InChI=1S/C15H19ClFN3O/c1-11-14(9-18-7-2-8-21)15(16)20(19-11)10-12-3-5-13(17)6-4-12/h3-6,18,21H,2,7-10H2,1H3. The molecule has 1 aromatic heterocycles. The van der Waals surface area contributed by atoms with Crippen LogP contribution in [0.15, 0.2) is 24.3 Å². The highest BCUT2D eigenvalue weighted by molar-refractivity contribution is 6.30. The molecule has 0 saturated heterocycles. The lowest BCUT2D eigenvalue weighted by atomic mass is 10.2. The molecule has 114 valence electrons. The molecule has 0 unspecified atom stereocenters. The second-order valence-electron chi connectivity index (χ2n) is 4.89. The Bertz CT molecular complexity index is 583. The van der Waals surface area contributed by atoms with Gasteiger partial charge in [-0.15, -0.1) is 0 Å². The number of aliphatic hydroxyl groups excluding tert-OH is 1. The minimum atomic E-state index is -0.254. The number of nitrogens with one attached hydrogen (secondary N) is 1. The monoisotopic (exact) mass is 311 g/mol. The quantitative estimate of drug-likeness (QED) is 0.773. The number of hydrogen-bond acceptors (Lipinski definition) is 3. The molecule has 0 atom stereocenters. The molecule has 6 heteroatoms. The molecule has 0 aliphatic heterocycles. The van der Waals surface area contributed by atoms with Crippen molar-refractivity contribution in [2.24, 2.45) is 0 Å². The molecule has 0 amide bonds. The van der Waals surface area contributed by atoms with Crippen molar-refractivity contribution >= 4 is 11.6 Å². The average Bonchev–Trinajstić information content (AvgIpc) is 2.73. The van der Waals surface area contributed by atoms with E-state index in [1.54, 1.807) is 16.8 Å². The first-order valence-corrected chi connectivity index (χ1v) is 7.27. The zero-order chi connectivity index (χ0) is 15.2. The summed E-state index contributed by atoms with van der Waals surface area (Å²) in [7, 11) is 0. The maximum Gasteiger partial charge on any atom is 0.132 e. The summed E-state index contributed by atoms with van der Waals surface area (Å²) in [5, 5.41) is 17.0. The molecular formula is C15H19ClFN3O. The van der Waals surface area contributed by atoms with E-state index in [1.807, 2.05) is 6.92 Å². The summed E-state index contributed by atoms with van der Waals surface area (Å²) in [6, 6.07) is 6.30. The first-order valence-electron chi connectivity index (χ1n) is 6.89. The Morgan fingerprint density at radius 3 is 2.71 bits per heavy atom. The van der Waals surface area contributed by atoms with E-state index in [4.69, 9.17) is 16.7 Å². The Morgan fingerprint density at radius 2 is 2.05 bits per heavy atom. The highest BCUT2D eigenvalue weighted by atomic mass is 35.5. The van der Waals surface area contributed by atoms with Gasteiger partial charge in [0, 0.05) is 18.7 Å². The van der Waals surface area contributed by atoms with Crippen LogP contribution in [0.4, 0.5) is 4.39 Å². The Morgan fingerprint density at radius 1 is 1.33 bits per heavy atom. The van der Waals surface area contributed by atoms with Crippen LogP contribution in [-0.4, -0.2) is 28.0 Å². The first-order chi connectivity index (χ1) is 10.1. The Hall–Kier alpha value is -1.43. The summed E-state index contributed by atoms with van der Waals surface area (Å²) in [5.41, 5.74) is 2.77. The van der Waals surface area contributed by atoms with Crippen LogP contribution < -0.4 is 5.32 Å². The minimum absolute atomic E-state index is 0.170. The normalized spacial score (nSPS) is 11.0. The number of benzene rings is 1. The molecule has 1 aromatic carbocycles. The van der Waals surface area contributed by atoms with Crippen LogP contribution in [-0.2, 0) is 13.1 Å². The molecular weight excluding hydrogens is 293 g/mol. The molecule has 0 bridgehead atoms. The minimum Gasteiger partial charge on any atom is -0.396 e. The summed E-state index contributed by atoms with van der Waals surface area (Å²) in [5.74, 6) is -0.254. The summed E-state index contributed by atoms with van der Waals surface area (Å²) in [6.45, 7) is 3.94. The van der Waals surface area contributed by atoms with Crippen molar-refractivity contribution in [2.45, 2.75) is 26.4 Å². The third-order valence-corrected chi connectivity index (χ3v) is 3.67. The number of nitrogens with zero attached hydrogens (tertiary/aromatic N) is 2. The van der Waals surface area contributed by atoms with E-state index >= 15 is 0 Å². The van der Waals surface area contributed by atoms with Crippen molar-refractivity contribution in [3.63, 3.8) is 0 Å². The fraction of sp³-hybridized carbons (Fsp3) is 0.400. The van der Waals surface area contributed by atoms with E-state index in [0.29, 0.717) is 24.7 Å². The molecule has 0 spiro atoms. The van der Waals surface area contributed by atoms with Gasteiger partial charge in [0.2, 0.25) is 0 Å². The van der Waals surface area contributed by atoms with Gasteiger partial charge in [-0.1, -0.05) is 23.7 Å². The zero-order valence-corrected chi connectivity index (χ0v) is 12.7. The van der Waals surface area contributed by atoms with Crippen molar-refractivity contribution < 1.29 is 9.50 Å².